The first-order valence-electron chi connectivity index (χ1n) is 3.78. The Hall–Kier alpha value is -1.22. The summed E-state index contributed by atoms with van der Waals surface area (Å²) in [5.74, 6) is -0.0937. The summed E-state index contributed by atoms with van der Waals surface area (Å²) in [6.07, 6.45) is 0. The standard InChI is InChI=1S/C9H10ClNO2/c1-5-8(13)4-3-7(10)9(5)11-6(2)12/h3-4,13H,1-2H3,(H,11,12). The minimum Gasteiger partial charge on any atom is -0.508 e. The molecule has 13 heavy (non-hydrogen) atoms. The third kappa shape index (κ3) is 2.12. The molecule has 3 nitrogen and oxygen atoms in total. The van der Waals surface area contributed by atoms with Crippen molar-refractivity contribution in [3.05, 3.63) is 22.7 Å². The molecule has 0 radical (unpaired) electrons. The van der Waals surface area contributed by atoms with Gasteiger partial charge in [-0.3, -0.25) is 4.79 Å². The van der Waals surface area contributed by atoms with E-state index in [1.165, 1.54) is 19.1 Å². The average molecular weight is 200 g/mol. The highest BCUT2D eigenvalue weighted by molar-refractivity contribution is 6.34. The van der Waals surface area contributed by atoms with E-state index in [0.29, 0.717) is 16.3 Å². The van der Waals surface area contributed by atoms with Crippen LogP contribution in [0.2, 0.25) is 5.02 Å². The van der Waals surface area contributed by atoms with E-state index >= 15 is 0 Å². The van der Waals surface area contributed by atoms with Crippen LogP contribution >= 0.6 is 11.6 Å². The highest BCUT2D eigenvalue weighted by Crippen LogP contribution is 2.31. The summed E-state index contributed by atoms with van der Waals surface area (Å²) in [7, 11) is 0. The summed E-state index contributed by atoms with van der Waals surface area (Å²) < 4.78 is 0. The summed E-state index contributed by atoms with van der Waals surface area (Å²) in [5.41, 5.74) is 1.04. The van der Waals surface area contributed by atoms with Gasteiger partial charge in [-0.2, -0.15) is 0 Å². The molecule has 1 rings (SSSR count). The van der Waals surface area contributed by atoms with Gasteiger partial charge in [0.05, 0.1) is 10.7 Å². The number of carbonyl (C=O) groups excluding carboxylic acids is 1. The molecule has 0 saturated carbocycles. The van der Waals surface area contributed by atoms with Gasteiger partial charge in [-0.05, 0) is 19.1 Å². The second-order valence-electron chi connectivity index (χ2n) is 2.75. The molecule has 0 aliphatic heterocycles. The molecule has 0 saturated heterocycles. The van der Waals surface area contributed by atoms with Gasteiger partial charge < -0.3 is 10.4 Å². The largest absolute Gasteiger partial charge is 0.508 e. The van der Waals surface area contributed by atoms with Crippen molar-refractivity contribution in [2.75, 3.05) is 5.32 Å². The zero-order chi connectivity index (χ0) is 10.0. The molecule has 0 unspecified atom stereocenters. The van der Waals surface area contributed by atoms with E-state index in [2.05, 4.69) is 5.32 Å². The predicted molar refractivity (Wildman–Crippen MR) is 52.2 cm³/mol. The molecule has 2 N–H and O–H groups in total. The topological polar surface area (TPSA) is 49.3 Å². The number of nitrogens with one attached hydrogen (secondary N) is 1. The third-order valence-electron chi connectivity index (χ3n) is 1.69. The van der Waals surface area contributed by atoms with E-state index in [1.54, 1.807) is 6.92 Å². The van der Waals surface area contributed by atoms with E-state index in [4.69, 9.17) is 11.6 Å². The van der Waals surface area contributed by atoms with E-state index in [0.717, 1.165) is 0 Å². The molecule has 0 aliphatic carbocycles. The Morgan fingerprint density at radius 1 is 1.54 bits per heavy atom. The SMILES string of the molecule is CC(=O)Nc1c(Cl)ccc(O)c1C. The average Bonchev–Trinajstić information content (AvgIpc) is 2.05. The Balaban J connectivity index is 3.17. The van der Waals surface area contributed by atoms with Crippen LogP contribution in [0.25, 0.3) is 0 Å². The van der Waals surface area contributed by atoms with Gasteiger partial charge in [0.25, 0.3) is 0 Å². The first-order chi connectivity index (χ1) is 6.02. The van der Waals surface area contributed by atoms with Crippen LogP contribution in [-0.4, -0.2) is 11.0 Å². The van der Waals surface area contributed by atoms with Gasteiger partial charge in [-0.1, -0.05) is 11.6 Å². The van der Waals surface area contributed by atoms with Crippen molar-refractivity contribution in [2.24, 2.45) is 0 Å². The molecular formula is C9H10ClNO2. The summed E-state index contributed by atoms with van der Waals surface area (Å²) >= 11 is 5.82. The van der Waals surface area contributed by atoms with Crippen LogP contribution in [0.5, 0.6) is 5.75 Å². The quantitative estimate of drug-likeness (QED) is 0.729. The van der Waals surface area contributed by atoms with Crippen LogP contribution in [0.4, 0.5) is 5.69 Å². The number of rotatable bonds is 1. The van der Waals surface area contributed by atoms with Crippen molar-refractivity contribution in [3.63, 3.8) is 0 Å². The molecule has 4 heteroatoms. The highest BCUT2D eigenvalue weighted by atomic mass is 35.5. The Morgan fingerprint density at radius 3 is 2.69 bits per heavy atom. The molecule has 0 aromatic heterocycles. The molecular weight excluding hydrogens is 190 g/mol. The van der Waals surface area contributed by atoms with Crippen molar-refractivity contribution in [2.45, 2.75) is 13.8 Å². The van der Waals surface area contributed by atoms with Crippen molar-refractivity contribution in [3.8, 4) is 5.75 Å². The number of carbonyl (C=O) groups is 1. The zero-order valence-electron chi connectivity index (χ0n) is 7.39. The lowest BCUT2D eigenvalue weighted by Crippen LogP contribution is -2.07. The predicted octanol–water partition coefficient (Wildman–Crippen LogP) is 2.31. The van der Waals surface area contributed by atoms with Gasteiger partial charge in [0.1, 0.15) is 5.75 Å². The maximum Gasteiger partial charge on any atom is 0.221 e. The number of hydrogen-bond acceptors (Lipinski definition) is 2. The summed E-state index contributed by atoms with van der Waals surface area (Å²) in [4.78, 5) is 10.8. The zero-order valence-corrected chi connectivity index (χ0v) is 8.14. The van der Waals surface area contributed by atoms with Crippen LogP contribution in [0.3, 0.4) is 0 Å². The first-order valence-corrected chi connectivity index (χ1v) is 4.16. The van der Waals surface area contributed by atoms with Crippen molar-refractivity contribution in [1.82, 2.24) is 0 Å². The van der Waals surface area contributed by atoms with Crippen LogP contribution in [0.15, 0.2) is 12.1 Å². The fraction of sp³-hybridized carbons (Fsp3) is 0.222. The number of benzene rings is 1. The van der Waals surface area contributed by atoms with Gasteiger partial charge in [0.2, 0.25) is 5.91 Å². The fourth-order valence-corrected chi connectivity index (χ4v) is 1.25. The number of hydrogen-bond donors (Lipinski definition) is 2. The minimum absolute atomic E-state index is 0.119. The molecule has 0 bridgehead atoms. The minimum atomic E-state index is -0.212. The van der Waals surface area contributed by atoms with Gasteiger partial charge >= 0.3 is 0 Å². The monoisotopic (exact) mass is 199 g/mol. The Labute approximate surface area is 81.3 Å². The number of phenols is 1. The molecule has 1 amide bonds. The molecule has 0 atom stereocenters. The van der Waals surface area contributed by atoms with Gasteiger partial charge in [-0.15, -0.1) is 0 Å². The smallest absolute Gasteiger partial charge is 0.221 e. The summed E-state index contributed by atoms with van der Waals surface area (Å²) in [6.45, 7) is 3.08. The van der Waals surface area contributed by atoms with Crippen LogP contribution in [0.1, 0.15) is 12.5 Å². The number of aromatic hydroxyl groups is 1. The van der Waals surface area contributed by atoms with Crippen molar-refractivity contribution < 1.29 is 9.90 Å². The molecule has 1 aromatic carbocycles. The van der Waals surface area contributed by atoms with E-state index in [1.807, 2.05) is 0 Å². The fourth-order valence-electron chi connectivity index (χ4n) is 0.997. The maximum atomic E-state index is 10.8. The van der Waals surface area contributed by atoms with Crippen LogP contribution in [-0.2, 0) is 4.79 Å². The second-order valence-corrected chi connectivity index (χ2v) is 3.15. The molecule has 0 spiro atoms. The van der Waals surface area contributed by atoms with E-state index < -0.39 is 0 Å². The lowest BCUT2D eigenvalue weighted by molar-refractivity contribution is -0.114. The Kier molecular flexibility index (Phi) is 2.78. The lowest BCUT2D eigenvalue weighted by atomic mass is 10.2. The molecule has 0 heterocycles. The van der Waals surface area contributed by atoms with Crippen LogP contribution < -0.4 is 5.32 Å². The first kappa shape index (κ1) is 9.86. The number of amides is 1. The van der Waals surface area contributed by atoms with Crippen molar-refractivity contribution >= 4 is 23.2 Å². The van der Waals surface area contributed by atoms with Crippen LogP contribution in [0, 0.1) is 6.92 Å². The van der Waals surface area contributed by atoms with Gasteiger partial charge in [0.15, 0.2) is 0 Å². The molecule has 0 fully saturated rings. The lowest BCUT2D eigenvalue weighted by Gasteiger charge is -2.09. The molecule has 1 aromatic rings. The normalized spacial score (nSPS) is 9.77. The summed E-state index contributed by atoms with van der Waals surface area (Å²) in [6, 6.07) is 3.03. The second kappa shape index (κ2) is 3.66. The Morgan fingerprint density at radius 2 is 2.15 bits per heavy atom. The molecule has 0 aliphatic rings. The third-order valence-corrected chi connectivity index (χ3v) is 2.00. The van der Waals surface area contributed by atoms with E-state index in [-0.39, 0.29) is 11.7 Å². The van der Waals surface area contributed by atoms with Crippen molar-refractivity contribution in [1.29, 1.82) is 0 Å². The van der Waals surface area contributed by atoms with Gasteiger partial charge in [0, 0.05) is 12.5 Å². The highest BCUT2D eigenvalue weighted by Gasteiger charge is 2.08. The summed E-state index contributed by atoms with van der Waals surface area (Å²) in [5, 5.41) is 12.3. The molecule has 70 valence electrons. The van der Waals surface area contributed by atoms with E-state index in [9.17, 15) is 9.90 Å². The van der Waals surface area contributed by atoms with Gasteiger partial charge in [-0.25, -0.2) is 0 Å². The number of anilines is 1. The maximum absolute atomic E-state index is 10.8. The number of phenolic OH excluding ortho intramolecular Hbond substituents is 1. The number of halogens is 1. The Bertz CT molecular complexity index is 350.